The quantitative estimate of drug-likeness (QED) is 0.669. The zero-order valence-corrected chi connectivity index (χ0v) is 14.2. The molecule has 1 fully saturated rings. The summed E-state index contributed by atoms with van der Waals surface area (Å²) in [6.07, 6.45) is 2.37. The smallest absolute Gasteiger partial charge is 0.238 e. The first kappa shape index (κ1) is 19.7. The SMILES string of the molecule is COCCNCC(=O)Nc1ccc(OCC2CCCO2)cc1.Cl. The molecule has 0 aromatic heterocycles. The molecular weight excluding hydrogens is 320 g/mol. The van der Waals surface area contributed by atoms with Gasteiger partial charge in [0, 0.05) is 25.9 Å². The van der Waals surface area contributed by atoms with E-state index in [9.17, 15) is 4.79 Å². The molecule has 6 nitrogen and oxygen atoms in total. The van der Waals surface area contributed by atoms with Crippen LogP contribution in [-0.4, -0.2) is 52.0 Å². The average molecular weight is 345 g/mol. The zero-order chi connectivity index (χ0) is 15.6. The van der Waals surface area contributed by atoms with Crippen LogP contribution in [0.5, 0.6) is 5.75 Å². The largest absolute Gasteiger partial charge is 0.491 e. The Morgan fingerprint density at radius 3 is 2.78 bits per heavy atom. The van der Waals surface area contributed by atoms with Gasteiger partial charge in [0.2, 0.25) is 5.91 Å². The monoisotopic (exact) mass is 344 g/mol. The lowest BCUT2D eigenvalue weighted by Gasteiger charge is -2.12. The normalized spacial score (nSPS) is 16.7. The van der Waals surface area contributed by atoms with Crippen LogP contribution in [0.4, 0.5) is 5.69 Å². The molecule has 0 spiro atoms. The fraction of sp³-hybridized carbons (Fsp3) is 0.562. The topological polar surface area (TPSA) is 68.8 Å². The summed E-state index contributed by atoms with van der Waals surface area (Å²) in [4.78, 5) is 11.7. The Bertz CT molecular complexity index is 450. The molecule has 1 aliphatic rings. The molecule has 1 saturated heterocycles. The zero-order valence-electron chi connectivity index (χ0n) is 13.4. The van der Waals surface area contributed by atoms with Gasteiger partial charge in [0.1, 0.15) is 12.4 Å². The third-order valence-corrected chi connectivity index (χ3v) is 3.37. The summed E-state index contributed by atoms with van der Waals surface area (Å²) in [5.41, 5.74) is 0.753. The maximum Gasteiger partial charge on any atom is 0.238 e. The van der Waals surface area contributed by atoms with Crippen molar-refractivity contribution in [1.82, 2.24) is 5.32 Å². The van der Waals surface area contributed by atoms with Crippen LogP contribution < -0.4 is 15.4 Å². The highest BCUT2D eigenvalue weighted by Gasteiger charge is 2.15. The van der Waals surface area contributed by atoms with Gasteiger partial charge in [0.15, 0.2) is 0 Å². The number of ether oxygens (including phenoxy) is 3. The Labute approximate surface area is 143 Å². The van der Waals surface area contributed by atoms with E-state index >= 15 is 0 Å². The second kappa shape index (κ2) is 11.2. The van der Waals surface area contributed by atoms with Crippen molar-refractivity contribution in [1.29, 1.82) is 0 Å². The molecule has 1 unspecified atom stereocenters. The van der Waals surface area contributed by atoms with Crippen molar-refractivity contribution in [3.63, 3.8) is 0 Å². The second-order valence-corrected chi connectivity index (χ2v) is 5.19. The van der Waals surface area contributed by atoms with E-state index in [1.807, 2.05) is 24.3 Å². The van der Waals surface area contributed by atoms with Gasteiger partial charge in [0.25, 0.3) is 0 Å². The van der Waals surface area contributed by atoms with Gasteiger partial charge in [-0.2, -0.15) is 0 Å². The number of halogens is 1. The molecule has 130 valence electrons. The molecule has 1 aromatic carbocycles. The van der Waals surface area contributed by atoms with Crippen molar-refractivity contribution in [3.05, 3.63) is 24.3 Å². The van der Waals surface area contributed by atoms with Gasteiger partial charge in [-0.15, -0.1) is 12.4 Å². The molecule has 2 rings (SSSR count). The van der Waals surface area contributed by atoms with Crippen LogP contribution in [0.15, 0.2) is 24.3 Å². The molecule has 7 heteroatoms. The molecule has 0 saturated carbocycles. The van der Waals surface area contributed by atoms with Crippen LogP contribution in [0.25, 0.3) is 0 Å². The van der Waals surface area contributed by atoms with E-state index < -0.39 is 0 Å². The third kappa shape index (κ3) is 7.65. The first-order valence-electron chi connectivity index (χ1n) is 7.62. The van der Waals surface area contributed by atoms with Crippen LogP contribution >= 0.6 is 12.4 Å². The standard InChI is InChI=1S/C16H24N2O4.ClH/c1-20-10-8-17-11-16(19)18-13-4-6-14(7-5-13)22-12-15-3-2-9-21-15;/h4-7,15,17H,2-3,8-12H2,1H3,(H,18,19);1H. The number of rotatable bonds is 9. The summed E-state index contributed by atoms with van der Waals surface area (Å²) in [6.45, 7) is 2.91. The van der Waals surface area contributed by atoms with Crippen molar-refractivity contribution < 1.29 is 19.0 Å². The number of carbonyl (C=O) groups excluding carboxylic acids is 1. The summed E-state index contributed by atoms with van der Waals surface area (Å²) in [5, 5.41) is 5.81. The number of anilines is 1. The van der Waals surface area contributed by atoms with Gasteiger partial charge in [-0.25, -0.2) is 0 Å². The Morgan fingerprint density at radius 2 is 2.13 bits per heavy atom. The Morgan fingerprint density at radius 1 is 1.35 bits per heavy atom. The van der Waals surface area contributed by atoms with Crippen LogP contribution in [0.2, 0.25) is 0 Å². The Balaban J connectivity index is 0.00000264. The number of carbonyl (C=O) groups is 1. The number of nitrogens with one attached hydrogen (secondary N) is 2. The molecule has 0 aliphatic carbocycles. The van der Waals surface area contributed by atoms with Gasteiger partial charge >= 0.3 is 0 Å². The lowest BCUT2D eigenvalue weighted by molar-refractivity contribution is -0.115. The number of amides is 1. The molecule has 1 heterocycles. The van der Waals surface area contributed by atoms with Gasteiger partial charge in [-0.05, 0) is 37.1 Å². The van der Waals surface area contributed by atoms with E-state index in [4.69, 9.17) is 14.2 Å². The molecule has 1 aromatic rings. The van der Waals surface area contributed by atoms with Crippen molar-refractivity contribution in [2.75, 3.05) is 45.3 Å². The van der Waals surface area contributed by atoms with Gasteiger partial charge in [-0.3, -0.25) is 4.79 Å². The van der Waals surface area contributed by atoms with Crippen molar-refractivity contribution in [3.8, 4) is 5.75 Å². The summed E-state index contributed by atoms with van der Waals surface area (Å²) >= 11 is 0. The van der Waals surface area contributed by atoms with Crippen LogP contribution in [0.3, 0.4) is 0 Å². The second-order valence-electron chi connectivity index (χ2n) is 5.19. The molecule has 2 N–H and O–H groups in total. The lowest BCUT2D eigenvalue weighted by Crippen LogP contribution is -2.30. The van der Waals surface area contributed by atoms with E-state index in [0.717, 1.165) is 30.9 Å². The van der Waals surface area contributed by atoms with E-state index in [1.54, 1.807) is 7.11 Å². The van der Waals surface area contributed by atoms with Crippen LogP contribution in [0.1, 0.15) is 12.8 Å². The van der Waals surface area contributed by atoms with Crippen molar-refractivity contribution >= 4 is 24.0 Å². The summed E-state index contributed by atoms with van der Waals surface area (Å²) in [5.74, 6) is 0.704. The minimum Gasteiger partial charge on any atom is -0.491 e. The van der Waals surface area contributed by atoms with Crippen molar-refractivity contribution in [2.24, 2.45) is 0 Å². The third-order valence-electron chi connectivity index (χ3n) is 3.37. The van der Waals surface area contributed by atoms with E-state index in [0.29, 0.717) is 19.8 Å². The first-order valence-corrected chi connectivity index (χ1v) is 7.62. The fourth-order valence-electron chi connectivity index (χ4n) is 2.18. The van der Waals surface area contributed by atoms with E-state index in [2.05, 4.69) is 10.6 Å². The van der Waals surface area contributed by atoms with E-state index in [-0.39, 0.29) is 31.0 Å². The molecule has 1 atom stereocenters. The van der Waals surface area contributed by atoms with Crippen LogP contribution in [0, 0.1) is 0 Å². The molecular formula is C16H25ClN2O4. The maximum absolute atomic E-state index is 11.7. The average Bonchev–Trinajstić information content (AvgIpc) is 3.04. The Hall–Kier alpha value is -1.34. The Kier molecular flexibility index (Phi) is 9.63. The lowest BCUT2D eigenvalue weighted by atomic mass is 10.2. The minimum absolute atomic E-state index is 0. The number of hydrogen-bond acceptors (Lipinski definition) is 5. The summed E-state index contributed by atoms with van der Waals surface area (Å²) < 4.78 is 16.1. The number of methoxy groups -OCH3 is 1. The predicted octanol–water partition coefficient (Wildman–Crippen LogP) is 1.84. The van der Waals surface area contributed by atoms with Crippen molar-refractivity contribution in [2.45, 2.75) is 18.9 Å². The minimum atomic E-state index is -0.0795. The molecule has 1 amide bonds. The number of benzene rings is 1. The summed E-state index contributed by atoms with van der Waals surface area (Å²) in [7, 11) is 1.63. The van der Waals surface area contributed by atoms with Crippen LogP contribution in [-0.2, 0) is 14.3 Å². The molecule has 0 bridgehead atoms. The fourth-order valence-corrected chi connectivity index (χ4v) is 2.18. The van der Waals surface area contributed by atoms with E-state index in [1.165, 1.54) is 0 Å². The molecule has 23 heavy (non-hydrogen) atoms. The highest BCUT2D eigenvalue weighted by molar-refractivity contribution is 5.92. The highest BCUT2D eigenvalue weighted by atomic mass is 35.5. The summed E-state index contributed by atoms with van der Waals surface area (Å²) in [6, 6.07) is 7.36. The first-order chi connectivity index (χ1) is 10.8. The van der Waals surface area contributed by atoms with Gasteiger partial charge in [0.05, 0.1) is 19.3 Å². The maximum atomic E-state index is 11.7. The van der Waals surface area contributed by atoms with Gasteiger partial charge in [-0.1, -0.05) is 0 Å². The molecule has 0 radical (unpaired) electrons. The number of hydrogen-bond donors (Lipinski definition) is 2. The molecule has 1 aliphatic heterocycles. The highest BCUT2D eigenvalue weighted by Crippen LogP contribution is 2.18. The van der Waals surface area contributed by atoms with Gasteiger partial charge < -0.3 is 24.8 Å². The predicted molar refractivity (Wildman–Crippen MR) is 91.5 cm³/mol.